The first kappa shape index (κ1) is 18.0. The van der Waals surface area contributed by atoms with Gasteiger partial charge >= 0.3 is 0 Å². The zero-order valence-electron chi connectivity index (χ0n) is 15.4. The zero-order chi connectivity index (χ0) is 17.8. The largest absolute Gasteiger partial charge is 0.352 e. The van der Waals surface area contributed by atoms with Gasteiger partial charge in [-0.3, -0.25) is 9.59 Å². The molecule has 0 saturated heterocycles. The van der Waals surface area contributed by atoms with Gasteiger partial charge in [-0.1, -0.05) is 32.4 Å². The molecule has 4 nitrogen and oxygen atoms in total. The van der Waals surface area contributed by atoms with Crippen molar-refractivity contribution in [2.45, 2.75) is 58.9 Å². The highest BCUT2D eigenvalue weighted by Crippen LogP contribution is 2.49. The summed E-state index contributed by atoms with van der Waals surface area (Å²) in [5.41, 5.74) is 1.81. The molecule has 2 amide bonds. The highest BCUT2D eigenvalue weighted by atomic mass is 16.2. The fourth-order valence-corrected chi connectivity index (χ4v) is 4.35. The van der Waals surface area contributed by atoms with Crippen LogP contribution >= 0.6 is 0 Å². The number of benzene rings is 1. The van der Waals surface area contributed by atoms with E-state index in [-0.39, 0.29) is 17.7 Å². The first-order valence-electron chi connectivity index (χ1n) is 9.71. The van der Waals surface area contributed by atoms with Crippen molar-refractivity contribution in [2.24, 2.45) is 23.7 Å². The van der Waals surface area contributed by atoms with Crippen molar-refractivity contribution in [3.63, 3.8) is 0 Å². The number of nitrogens with one attached hydrogen (secondary N) is 2. The van der Waals surface area contributed by atoms with Gasteiger partial charge in [0.2, 0.25) is 11.8 Å². The van der Waals surface area contributed by atoms with Gasteiger partial charge in [0.25, 0.3) is 0 Å². The second-order valence-electron chi connectivity index (χ2n) is 7.91. The molecule has 0 aliphatic heterocycles. The molecule has 0 radical (unpaired) electrons. The Morgan fingerprint density at radius 3 is 2.76 bits per heavy atom. The average molecular weight is 342 g/mol. The Bertz CT molecular complexity index is 628. The fourth-order valence-electron chi connectivity index (χ4n) is 4.35. The van der Waals surface area contributed by atoms with Crippen molar-refractivity contribution in [1.29, 1.82) is 0 Å². The van der Waals surface area contributed by atoms with Gasteiger partial charge in [0, 0.05) is 24.6 Å². The van der Waals surface area contributed by atoms with Crippen LogP contribution in [0.5, 0.6) is 0 Å². The Hall–Kier alpha value is -1.84. The first-order valence-corrected chi connectivity index (χ1v) is 9.71. The van der Waals surface area contributed by atoms with Gasteiger partial charge < -0.3 is 10.6 Å². The normalized spacial score (nSPS) is 25.6. The Labute approximate surface area is 150 Å². The minimum Gasteiger partial charge on any atom is -0.352 e. The van der Waals surface area contributed by atoms with Gasteiger partial charge in [0.05, 0.1) is 0 Å². The van der Waals surface area contributed by atoms with Crippen LogP contribution in [-0.4, -0.2) is 11.8 Å². The molecule has 1 aromatic carbocycles. The Morgan fingerprint density at radius 2 is 2.08 bits per heavy atom. The van der Waals surface area contributed by atoms with E-state index in [1.165, 1.54) is 25.7 Å². The molecule has 2 aliphatic rings. The predicted molar refractivity (Wildman–Crippen MR) is 99.9 cm³/mol. The molecule has 4 atom stereocenters. The standard InChI is InChI=1S/C21H30N2O2/c1-3-14(2)21(25)23-19-6-4-5-16(11-19)13-22-20(24)12-18-10-15-7-8-17(18)9-15/h4-6,11,14-15,17-18H,3,7-10,12-13H2,1-2H3,(H,22,24)(H,23,25)/t14-,15+,17+,18+/m0/s1. The van der Waals surface area contributed by atoms with Crippen LogP contribution in [0.1, 0.15) is 57.9 Å². The van der Waals surface area contributed by atoms with Gasteiger partial charge in [-0.2, -0.15) is 0 Å². The van der Waals surface area contributed by atoms with E-state index in [2.05, 4.69) is 10.6 Å². The number of anilines is 1. The summed E-state index contributed by atoms with van der Waals surface area (Å²) in [4.78, 5) is 24.3. The number of rotatable bonds is 7. The summed E-state index contributed by atoms with van der Waals surface area (Å²) in [7, 11) is 0. The van der Waals surface area contributed by atoms with Crippen molar-refractivity contribution in [1.82, 2.24) is 5.32 Å². The van der Waals surface area contributed by atoms with Crippen LogP contribution in [0.15, 0.2) is 24.3 Å². The molecule has 0 spiro atoms. The van der Waals surface area contributed by atoms with E-state index in [1.54, 1.807) is 0 Å². The molecule has 0 heterocycles. The number of hydrogen-bond acceptors (Lipinski definition) is 2. The van der Waals surface area contributed by atoms with Crippen LogP contribution in [-0.2, 0) is 16.1 Å². The lowest BCUT2D eigenvalue weighted by atomic mass is 9.86. The molecule has 136 valence electrons. The highest BCUT2D eigenvalue weighted by Gasteiger charge is 2.39. The van der Waals surface area contributed by atoms with E-state index in [4.69, 9.17) is 0 Å². The molecule has 4 heteroatoms. The van der Waals surface area contributed by atoms with E-state index in [0.29, 0.717) is 18.9 Å². The SMILES string of the molecule is CC[C@H](C)C(=O)Nc1cccc(CNC(=O)C[C@H]2C[C@@H]3CC[C@@H]2C3)c1. The number of carbonyl (C=O) groups excluding carboxylic acids is 2. The van der Waals surface area contributed by atoms with Crippen LogP contribution in [0, 0.1) is 23.7 Å². The summed E-state index contributed by atoms with van der Waals surface area (Å²) in [5.74, 6) is 2.47. The highest BCUT2D eigenvalue weighted by molar-refractivity contribution is 5.92. The number of carbonyl (C=O) groups is 2. The summed E-state index contributed by atoms with van der Waals surface area (Å²) in [6.45, 7) is 4.45. The summed E-state index contributed by atoms with van der Waals surface area (Å²) >= 11 is 0. The third-order valence-corrected chi connectivity index (χ3v) is 6.08. The van der Waals surface area contributed by atoms with Gasteiger partial charge in [-0.15, -0.1) is 0 Å². The molecule has 2 saturated carbocycles. The summed E-state index contributed by atoms with van der Waals surface area (Å²) in [6.07, 6.45) is 6.78. The van der Waals surface area contributed by atoms with Crippen molar-refractivity contribution in [3.8, 4) is 0 Å². The van der Waals surface area contributed by atoms with E-state index in [1.807, 2.05) is 38.1 Å². The van der Waals surface area contributed by atoms with Crippen LogP contribution in [0.3, 0.4) is 0 Å². The van der Waals surface area contributed by atoms with Gasteiger partial charge in [-0.05, 0) is 61.1 Å². The monoisotopic (exact) mass is 342 g/mol. The van der Waals surface area contributed by atoms with Crippen molar-refractivity contribution < 1.29 is 9.59 Å². The lowest BCUT2D eigenvalue weighted by Gasteiger charge is -2.21. The first-order chi connectivity index (χ1) is 12.0. The average Bonchev–Trinajstić information content (AvgIpc) is 3.22. The van der Waals surface area contributed by atoms with Crippen molar-refractivity contribution in [3.05, 3.63) is 29.8 Å². The molecule has 0 aromatic heterocycles. The van der Waals surface area contributed by atoms with Crippen molar-refractivity contribution in [2.75, 3.05) is 5.32 Å². The van der Waals surface area contributed by atoms with Crippen LogP contribution < -0.4 is 10.6 Å². The lowest BCUT2D eigenvalue weighted by Crippen LogP contribution is -2.27. The summed E-state index contributed by atoms with van der Waals surface area (Å²) in [5, 5.41) is 5.99. The zero-order valence-corrected chi connectivity index (χ0v) is 15.4. The van der Waals surface area contributed by atoms with E-state index in [0.717, 1.165) is 29.5 Å². The van der Waals surface area contributed by atoms with E-state index >= 15 is 0 Å². The second-order valence-corrected chi connectivity index (χ2v) is 7.91. The van der Waals surface area contributed by atoms with Crippen LogP contribution in [0.2, 0.25) is 0 Å². The number of amides is 2. The summed E-state index contributed by atoms with van der Waals surface area (Å²) < 4.78 is 0. The summed E-state index contributed by atoms with van der Waals surface area (Å²) in [6, 6.07) is 7.74. The van der Waals surface area contributed by atoms with Crippen LogP contribution in [0.25, 0.3) is 0 Å². The third kappa shape index (κ3) is 4.62. The minimum absolute atomic E-state index is 0.00472. The molecule has 2 bridgehead atoms. The van der Waals surface area contributed by atoms with Gasteiger partial charge in [0.15, 0.2) is 0 Å². The van der Waals surface area contributed by atoms with Gasteiger partial charge in [0.1, 0.15) is 0 Å². The smallest absolute Gasteiger partial charge is 0.227 e. The number of fused-ring (bicyclic) bond motifs is 2. The molecule has 2 aliphatic carbocycles. The van der Waals surface area contributed by atoms with Crippen LogP contribution in [0.4, 0.5) is 5.69 Å². The van der Waals surface area contributed by atoms with Gasteiger partial charge in [-0.25, -0.2) is 0 Å². The maximum absolute atomic E-state index is 12.3. The maximum atomic E-state index is 12.3. The Balaban J connectivity index is 1.47. The van der Waals surface area contributed by atoms with E-state index in [9.17, 15) is 9.59 Å². The second kappa shape index (κ2) is 8.03. The fraction of sp³-hybridized carbons (Fsp3) is 0.619. The molecule has 25 heavy (non-hydrogen) atoms. The van der Waals surface area contributed by atoms with Crippen molar-refractivity contribution >= 4 is 17.5 Å². The molecule has 2 N–H and O–H groups in total. The topological polar surface area (TPSA) is 58.2 Å². The Morgan fingerprint density at radius 1 is 1.24 bits per heavy atom. The predicted octanol–water partition coefficient (Wildman–Crippen LogP) is 4.11. The molecular formula is C21H30N2O2. The maximum Gasteiger partial charge on any atom is 0.227 e. The Kier molecular flexibility index (Phi) is 5.77. The molecule has 2 fully saturated rings. The molecule has 3 rings (SSSR count). The quantitative estimate of drug-likeness (QED) is 0.783. The number of hydrogen-bond donors (Lipinski definition) is 2. The molecule has 1 aromatic rings. The minimum atomic E-state index is 0.00472. The molecule has 0 unspecified atom stereocenters. The third-order valence-electron chi connectivity index (χ3n) is 6.08. The molecular weight excluding hydrogens is 312 g/mol. The lowest BCUT2D eigenvalue weighted by molar-refractivity contribution is -0.122. The van der Waals surface area contributed by atoms with E-state index < -0.39 is 0 Å².